The van der Waals surface area contributed by atoms with Crippen LogP contribution in [0.4, 0.5) is 4.79 Å². The van der Waals surface area contributed by atoms with E-state index in [9.17, 15) is 9.59 Å². The number of nitrogens with zero attached hydrogens (tertiary/aromatic N) is 2. The van der Waals surface area contributed by atoms with E-state index in [0.29, 0.717) is 0 Å². The quantitative estimate of drug-likeness (QED) is 0.404. The van der Waals surface area contributed by atoms with Crippen molar-refractivity contribution in [3.05, 3.63) is 6.04 Å². The number of likely N-dealkylation sites (N-methyl/N-ethyl adjacent to an activating group) is 1. The number of amides is 3. The predicted molar refractivity (Wildman–Crippen MR) is 41.1 cm³/mol. The van der Waals surface area contributed by atoms with Gasteiger partial charge < -0.3 is 5.11 Å². The first-order chi connectivity index (χ1) is 6.09. The second-order valence-corrected chi connectivity index (χ2v) is 2.67. The Morgan fingerprint density at radius 1 is 1.54 bits per heavy atom. The van der Waals surface area contributed by atoms with Crippen molar-refractivity contribution in [1.29, 1.82) is 0 Å². The maximum absolute atomic E-state index is 11.3. The van der Waals surface area contributed by atoms with Gasteiger partial charge in [-0.15, -0.1) is 0 Å². The summed E-state index contributed by atoms with van der Waals surface area (Å²) in [5.41, 5.74) is 0. The van der Waals surface area contributed by atoms with Gasteiger partial charge in [-0.05, 0) is 0 Å². The number of carbonyl (C=O) groups is 2. The summed E-state index contributed by atoms with van der Waals surface area (Å²) in [6, 6.07) is -0.432. The number of rotatable bonds is 0. The fourth-order valence-electron chi connectivity index (χ4n) is 1.12. The van der Waals surface area contributed by atoms with E-state index in [1.165, 1.54) is 7.05 Å². The van der Waals surface area contributed by atoms with Crippen molar-refractivity contribution in [3.8, 4) is 0 Å². The highest BCUT2D eigenvalue weighted by Crippen LogP contribution is 2.14. The van der Waals surface area contributed by atoms with Crippen molar-refractivity contribution >= 4 is 17.8 Å². The van der Waals surface area contributed by atoms with Gasteiger partial charge in [0.2, 0.25) is 6.35 Å². The summed E-state index contributed by atoms with van der Waals surface area (Å²) < 4.78 is 0. The molecular weight excluding hydrogens is 176 g/mol. The van der Waals surface area contributed by atoms with Gasteiger partial charge in [-0.1, -0.05) is 0 Å². The lowest BCUT2D eigenvalue weighted by atomic mass is 10.2. The Morgan fingerprint density at radius 2 is 2.23 bits per heavy atom. The molecule has 0 bridgehead atoms. The summed E-state index contributed by atoms with van der Waals surface area (Å²) in [6.45, 7) is 0. The first kappa shape index (κ1) is 8.14. The molecule has 1 radical (unpaired) electrons. The molecule has 2 heterocycles. The van der Waals surface area contributed by atoms with E-state index in [1.807, 2.05) is 0 Å². The molecule has 2 aliphatic rings. The molecule has 3 amide bonds. The van der Waals surface area contributed by atoms with Crippen LogP contribution in [0, 0.1) is 6.04 Å². The SMILES string of the molecule is CN1C(=O)NC2=NC(O)N[C]2C1=O. The number of urea groups is 1. The number of aliphatic hydroxyl groups excluding tert-OH is 1. The van der Waals surface area contributed by atoms with Gasteiger partial charge in [-0.3, -0.25) is 15.0 Å². The second-order valence-electron chi connectivity index (χ2n) is 2.67. The van der Waals surface area contributed by atoms with Crippen molar-refractivity contribution < 1.29 is 14.7 Å². The van der Waals surface area contributed by atoms with E-state index in [-0.39, 0.29) is 11.9 Å². The Morgan fingerprint density at radius 3 is 2.92 bits per heavy atom. The number of imide groups is 1. The van der Waals surface area contributed by atoms with Crippen LogP contribution < -0.4 is 10.6 Å². The molecule has 1 saturated heterocycles. The number of fused-ring (bicyclic) bond motifs is 1. The fourth-order valence-corrected chi connectivity index (χ4v) is 1.12. The second kappa shape index (κ2) is 2.51. The highest BCUT2D eigenvalue weighted by atomic mass is 16.3. The van der Waals surface area contributed by atoms with Crippen molar-refractivity contribution in [2.24, 2.45) is 4.99 Å². The van der Waals surface area contributed by atoms with Crippen LogP contribution in [0.15, 0.2) is 4.99 Å². The lowest BCUT2D eigenvalue weighted by Gasteiger charge is -2.25. The Bertz CT molecular complexity index is 313. The number of hydrogen-bond donors (Lipinski definition) is 3. The minimum Gasteiger partial charge on any atom is -0.359 e. The van der Waals surface area contributed by atoms with E-state index >= 15 is 0 Å². The maximum atomic E-state index is 11.3. The summed E-state index contributed by atoms with van der Waals surface area (Å²) in [4.78, 5) is 26.9. The van der Waals surface area contributed by atoms with E-state index in [4.69, 9.17) is 5.11 Å². The van der Waals surface area contributed by atoms with Crippen molar-refractivity contribution in [2.75, 3.05) is 7.05 Å². The van der Waals surface area contributed by atoms with Crippen LogP contribution in [0.1, 0.15) is 0 Å². The lowest BCUT2D eigenvalue weighted by Crippen LogP contribution is -2.57. The Balaban J connectivity index is 2.30. The molecule has 1 unspecified atom stereocenters. The molecule has 7 heteroatoms. The first-order valence-corrected chi connectivity index (χ1v) is 3.58. The van der Waals surface area contributed by atoms with Gasteiger partial charge in [0, 0.05) is 7.05 Å². The standard InChI is InChI=1S/C6H7N4O3/c1-10-4(11)2-3(9-6(10)13)8-5(12)7-2/h5,7,12H,1H3,(H,8,9,13). The van der Waals surface area contributed by atoms with Crippen LogP contribution in [0.5, 0.6) is 0 Å². The molecule has 2 aliphatic heterocycles. The molecule has 0 spiro atoms. The topological polar surface area (TPSA) is 94.0 Å². The normalized spacial score (nSPS) is 28.6. The molecule has 13 heavy (non-hydrogen) atoms. The van der Waals surface area contributed by atoms with Gasteiger partial charge >= 0.3 is 6.03 Å². The highest BCUT2D eigenvalue weighted by molar-refractivity contribution is 6.27. The van der Waals surface area contributed by atoms with Crippen LogP contribution in [0.25, 0.3) is 0 Å². The zero-order valence-electron chi connectivity index (χ0n) is 6.74. The maximum Gasteiger partial charge on any atom is 0.329 e. The minimum absolute atomic E-state index is 0.0978. The molecular formula is C6H7N4O3. The molecule has 2 rings (SSSR count). The third kappa shape index (κ3) is 1.09. The van der Waals surface area contributed by atoms with Gasteiger partial charge in [0.15, 0.2) is 6.04 Å². The monoisotopic (exact) mass is 183 g/mol. The zero-order chi connectivity index (χ0) is 9.59. The number of hydrogen-bond acceptors (Lipinski definition) is 5. The predicted octanol–water partition coefficient (Wildman–Crippen LogP) is -2.02. The van der Waals surface area contributed by atoms with Crippen LogP contribution in [0.3, 0.4) is 0 Å². The van der Waals surface area contributed by atoms with Crippen molar-refractivity contribution in [1.82, 2.24) is 15.5 Å². The number of amidine groups is 1. The average Bonchev–Trinajstić information content (AvgIpc) is 2.42. The Kier molecular flexibility index (Phi) is 1.57. The van der Waals surface area contributed by atoms with Gasteiger partial charge in [0.1, 0.15) is 5.84 Å². The summed E-state index contributed by atoms with van der Waals surface area (Å²) in [6.07, 6.45) is -1.15. The molecule has 0 aromatic carbocycles. The van der Waals surface area contributed by atoms with Gasteiger partial charge in [0.25, 0.3) is 5.91 Å². The van der Waals surface area contributed by atoms with Gasteiger partial charge in [0.05, 0.1) is 0 Å². The number of aliphatic hydroxyl groups is 1. The van der Waals surface area contributed by atoms with Crippen LogP contribution >= 0.6 is 0 Å². The molecule has 0 aliphatic carbocycles. The number of carbonyl (C=O) groups excluding carboxylic acids is 2. The molecule has 69 valence electrons. The number of aliphatic imine (C=N–C) groups is 1. The molecule has 7 nitrogen and oxygen atoms in total. The molecule has 0 aromatic rings. The van der Waals surface area contributed by atoms with Crippen molar-refractivity contribution in [2.45, 2.75) is 6.35 Å². The summed E-state index contributed by atoms with van der Waals surface area (Å²) in [5, 5.41) is 13.8. The molecule has 3 N–H and O–H groups in total. The van der Waals surface area contributed by atoms with Gasteiger partial charge in [-0.2, -0.15) is 0 Å². The van der Waals surface area contributed by atoms with Crippen LogP contribution in [-0.4, -0.2) is 41.2 Å². The molecule has 1 fully saturated rings. The van der Waals surface area contributed by atoms with Crippen LogP contribution in [0.2, 0.25) is 0 Å². The van der Waals surface area contributed by atoms with E-state index in [2.05, 4.69) is 15.6 Å². The highest BCUT2D eigenvalue weighted by Gasteiger charge is 2.42. The smallest absolute Gasteiger partial charge is 0.329 e. The molecule has 0 saturated carbocycles. The summed E-state index contributed by atoms with van der Waals surface area (Å²) in [7, 11) is 1.34. The zero-order valence-corrected chi connectivity index (χ0v) is 6.74. The minimum atomic E-state index is -1.15. The Labute approximate surface area is 73.4 Å². The Hall–Kier alpha value is -1.47. The lowest BCUT2D eigenvalue weighted by molar-refractivity contribution is -0.125. The van der Waals surface area contributed by atoms with Crippen LogP contribution in [-0.2, 0) is 4.79 Å². The number of nitrogens with one attached hydrogen (secondary N) is 2. The molecule has 0 aromatic heterocycles. The third-order valence-electron chi connectivity index (χ3n) is 1.81. The van der Waals surface area contributed by atoms with E-state index < -0.39 is 18.3 Å². The fraction of sp³-hybridized carbons (Fsp3) is 0.333. The third-order valence-corrected chi connectivity index (χ3v) is 1.81. The molecule has 1 atom stereocenters. The summed E-state index contributed by atoms with van der Waals surface area (Å²) >= 11 is 0. The van der Waals surface area contributed by atoms with Crippen molar-refractivity contribution in [3.63, 3.8) is 0 Å². The first-order valence-electron chi connectivity index (χ1n) is 3.58. The average molecular weight is 183 g/mol. The van der Waals surface area contributed by atoms with Gasteiger partial charge in [-0.25, -0.2) is 15.1 Å². The largest absolute Gasteiger partial charge is 0.359 e. The van der Waals surface area contributed by atoms with E-state index in [0.717, 1.165) is 4.90 Å². The summed E-state index contributed by atoms with van der Waals surface area (Å²) in [5.74, 6) is -0.403. The van der Waals surface area contributed by atoms with E-state index in [1.54, 1.807) is 0 Å².